The Bertz CT molecular complexity index is 407. The van der Waals surface area contributed by atoms with Gasteiger partial charge in [-0.25, -0.2) is 5.84 Å². The number of hydrogen-bond acceptors (Lipinski definition) is 4. The summed E-state index contributed by atoms with van der Waals surface area (Å²) in [5.41, 5.74) is 2.95. The van der Waals surface area contributed by atoms with Gasteiger partial charge in [0.1, 0.15) is 5.75 Å². The summed E-state index contributed by atoms with van der Waals surface area (Å²) in [7, 11) is 0. The molecular formula is C11H15N3O3. The molecule has 6 heteroatoms. The largest absolute Gasteiger partial charge is 0.484 e. The van der Waals surface area contributed by atoms with Crippen LogP contribution in [0.3, 0.4) is 0 Å². The molecule has 0 saturated carbocycles. The Morgan fingerprint density at radius 3 is 2.76 bits per heavy atom. The zero-order valence-electron chi connectivity index (χ0n) is 9.53. The number of carbonyl (C=O) groups excluding carboxylic acids is 2. The molecule has 0 bridgehead atoms. The van der Waals surface area contributed by atoms with Crippen molar-refractivity contribution < 1.29 is 14.3 Å². The van der Waals surface area contributed by atoms with E-state index in [0.29, 0.717) is 5.75 Å². The zero-order valence-corrected chi connectivity index (χ0v) is 9.53. The van der Waals surface area contributed by atoms with Gasteiger partial charge >= 0.3 is 0 Å². The number of amides is 2. The van der Waals surface area contributed by atoms with E-state index >= 15 is 0 Å². The van der Waals surface area contributed by atoms with Crippen LogP contribution in [0.4, 0.5) is 0 Å². The molecule has 0 heterocycles. The second kappa shape index (κ2) is 6.49. The number of hydrogen-bond donors (Lipinski definition) is 3. The highest BCUT2D eigenvalue weighted by Crippen LogP contribution is 2.11. The van der Waals surface area contributed by atoms with E-state index in [2.05, 4.69) is 5.32 Å². The van der Waals surface area contributed by atoms with Crippen LogP contribution in [0.5, 0.6) is 5.75 Å². The lowest BCUT2D eigenvalue weighted by atomic mass is 10.2. The summed E-state index contributed by atoms with van der Waals surface area (Å²) in [6.07, 6.45) is 0. The highest BCUT2D eigenvalue weighted by molar-refractivity contribution is 5.84. The molecule has 6 nitrogen and oxygen atoms in total. The molecule has 92 valence electrons. The van der Waals surface area contributed by atoms with E-state index in [1.165, 1.54) is 0 Å². The average Bonchev–Trinajstić information content (AvgIpc) is 2.33. The Labute approximate surface area is 99.1 Å². The van der Waals surface area contributed by atoms with Gasteiger partial charge in [-0.1, -0.05) is 12.1 Å². The van der Waals surface area contributed by atoms with E-state index in [4.69, 9.17) is 10.6 Å². The molecule has 0 aromatic heterocycles. The van der Waals surface area contributed by atoms with Crippen molar-refractivity contribution in [2.45, 2.75) is 6.92 Å². The number of aryl methyl sites for hydroxylation is 1. The van der Waals surface area contributed by atoms with E-state index in [1.54, 1.807) is 6.07 Å². The van der Waals surface area contributed by atoms with Crippen LogP contribution in [-0.2, 0) is 9.59 Å². The molecule has 0 aliphatic rings. The Morgan fingerprint density at radius 2 is 2.12 bits per heavy atom. The molecule has 1 rings (SSSR count). The fraction of sp³-hybridized carbons (Fsp3) is 0.273. The smallest absolute Gasteiger partial charge is 0.258 e. The van der Waals surface area contributed by atoms with Crippen molar-refractivity contribution in [1.29, 1.82) is 0 Å². The van der Waals surface area contributed by atoms with Gasteiger partial charge in [-0.3, -0.25) is 15.0 Å². The average molecular weight is 237 g/mol. The fourth-order valence-electron chi connectivity index (χ4n) is 1.13. The van der Waals surface area contributed by atoms with E-state index in [-0.39, 0.29) is 19.1 Å². The van der Waals surface area contributed by atoms with Gasteiger partial charge in [0.05, 0.1) is 6.54 Å². The van der Waals surface area contributed by atoms with E-state index in [9.17, 15) is 9.59 Å². The van der Waals surface area contributed by atoms with Crippen LogP contribution in [0, 0.1) is 6.92 Å². The number of benzene rings is 1. The Balaban J connectivity index is 2.31. The summed E-state index contributed by atoms with van der Waals surface area (Å²) in [5.74, 6) is 4.63. The quantitative estimate of drug-likeness (QED) is 0.365. The minimum atomic E-state index is -0.464. The number of rotatable bonds is 5. The van der Waals surface area contributed by atoms with E-state index in [0.717, 1.165) is 5.56 Å². The maximum Gasteiger partial charge on any atom is 0.258 e. The van der Waals surface area contributed by atoms with Crippen LogP contribution >= 0.6 is 0 Å². The lowest BCUT2D eigenvalue weighted by Crippen LogP contribution is -2.41. The summed E-state index contributed by atoms with van der Waals surface area (Å²) >= 11 is 0. The predicted octanol–water partition coefficient (Wildman–Crippen LogP) is -0.520. The van der Waals surface area contributed by atoms with Crippen molar-refractivity contribution in [2.75, 3.05) is 13.2 Å². The van der Waals surface area contributed by atoms with Gasteiger partial charge in [0.15, 0.2) is 6.61 Å². The van der Waals surface area contributed by atoms with Gasteiger partial charge in [-0.2, -0.15) is 0 Å². The van der Waals surface area contributed by atoms with Gasteiger partial charge in [0, 0.05) is 0 Å². The second-order valence-corrected chi connectivity index (χ2v) is 3.45. The molecule has 4 N–H and O–H groups in total. The molecule has 2 amide bonds. The molecule has 0 radical (unpaired) electrons. The van der Waals surface area contributed by atoms with Crippen LogP contribution in [0.15, 0.2) is 24.3 Å². The minimum Gasteiger partial charge on any atom is -0.484 e. The number of carbonyl (C=O) groups is 2. The van der Waals surface area contributed by atoms with E-state index < -0.39 is 5.91 Å². The lowest BCUT2D eigenvalue weighted by molar-refractivity contribution is -0.127. The standard InChI is InChI=1S/C11H15N3O3/c1-8-3-2-4-9(5-8)17-7-11(16)13-6-10(15)14-12/h2-5H,6-7,12H2,1H3,(H,13,16)(H,14,15). The topological polar surface area (TPSA) is 93.4 Å². The molecular weight excluding hydrogens is 222 g/mol. The minimum absolute atomic E-state index is 0.138. The molecule has 17 heavy (non-hydrogen) atoms. The van der Waals surface area contributed by atoms with Crippen LogP contribution in [0.2, 0.25) is 0 Å². The molecule has 0 atom stereocenters. The Kier molecular flexibility index (Phi) is 4.96. The molecule has 0 aliphatic heterocycles. The van der Waals surface area contributed by atoms with Crippen LogP contribution < -0.4 is 21.3 Å². The highest BCUT2D eigenvalue weighted by atomic mass is 16.5. The number of nitrogens with two attached hydrogens (primary N) is 1. The van der Waals surface area contributed by atoms with Gasteiger partial charge in [0.2, 0.25) is 0 Å². The van der Waals surface area contributed by atoms with Crippen LogP contribution in [0.1, 0.15) is 5.56 Å². The number of hydrazine groups is 1. The Morgan fingerprint density at radius 1 is 1.35 bits per heavy atom. The molecule has 1 aromatic rings. The lowest BCUT2D eigenvalue weighted by Gasteiger charge is -2.07. The first kappa shape index (κ1) is 13.0. The first-order valence-electron chi connectivity index (χ1n) is 5.07. The first-order valence-corrected chi connectivity index (χ1v) is 5.07. The first-order chi connectivity index (χ1) is 8.11. The maximum atomic E-state index is 11.3. The van der Waals surface area contributed by atoms with Gasteiger partial charge < -0.3 is 10.1 Å². The fourth-order valence-corrected chi connectivity index (χ4v) is 1.13. The van der Waals surface area contributed by atoms with Crippen molar-refractivity contribution >= 4 is 11.8 Å². The van der Waals surface area contributed by atoms with Crippen molar-refractivity contribution in [1.82, 2.24) is 10.7 Å². The molecule has 0 saturated heterocycles. The summed E-state index contributed by atoms with van der Waals surface area (Å²) in [4.78, 5) is 22.0. The molecule has 0 fully saturated rings. The van der Waals surface area contributed by atoms with Gasteiger partial charge in [-0.15, -0.1) is 0 Å². The van der Waals surface area contributed by atoms with Crippen molar-refractivity contribution in [3.05, 3.63) is 29.8 Å². The predicted molar refractivity (Wildman–Crippen MR) is 62.0 cm³/mol. The summed E-state index contributed by atoms with van der Waals surface area (Å²) in [6, 6.07) is 7.34. The summed E-state index contributed by atoms with van der Waals surface area (Å²) in [5, 5.41) is 2.36. The highest BCUT2D eigenvalue weighted by Gasteiger charge is 2.04. The van der Waals surface area contributed by atoms with Crippen molar-refractivity contribution in [3.8, 4) is 5.75 Å². The monoisotopic (exact) mass is 237 g/mol. The normalized spacial score (nSPS) is 9.53. The second-order valence-electron chi connectivity index (χ2n) is 3.45. The van der Waals surface area contributed by atoms with Crippen molar-refractivity contribution in [2.24, 2.45) is 5.84 Å². The third kappa shape index (κ3) is 4.98. The molecule has 0 aliphatic carbocycles. The zero-order chi connectivity index (χ0) is 12.7. The van der Waals surface area contributed by atoms with Crippen LogP contribution in [-0.4, -0.2) is 25.0 Å². The third-order valence-corrected chi connectivity index (χ3v) is 1.97. The van der Waals surface area contributed by atoms with Gasteiger partial charge in [0.25, 0.3) is 11.8 Å². The maximum absolute atomic E-state index is 11.3. The summed E-state index contributed by atoms with van der Waals surface area (Å²) in [6.45, 7) is 1.63. The molecule has 1 aromatic carbocycles. The molecule has 0 spiro atoms. The van der Waals surface area contributed by atoms with Crippen molar-refractivity contribution in [3.63, 3.8) is 0 Å². The SMILES string of the molecule is Cc1cccc(OCC(=O)NCC(=O)NN)c1. The number of nitrogens with one attached hydrogen (secondary N) is 2. The summed E-state index contributed by atoms with van der Waals surface area (Å²) < 4.78 is 5.24. The number of ether oxygens (including phenoxy) is 1. The van der Waals surface area contributed by atoms with E-state index in [1.807, 2.05) is 30.5 Å². The molecule has 0 unspecified atom stereocenters. The Hall–Kier alpha value is -2.08. The van der Waals surface area contributed by atoms with Crippen LogP contribution in [0.25, 0.3) is 0 Å². The third-order valence-electron chi connectivity index (χ3n) is 1.97. The van der Waals surface area contributed by atoms with Gasteiger partial charge in [-0.05, 0) is 24.6 Å².